The topological polar surface area (TPSA) is 25.8 Å². The van der Waals surface area contributed by atoms with E-state index in [1.165, 1.54) is 12.8 Å². The van der Waals surface area contributed by atoms with Crippen molar-refractivity contribution in [2.75, 3.05) is 0 Å². The second-order valence-electron chi connectivity index (χ2n) is 3.69. The summed E-state index contributed by atoms with van der Waals surface area (Å²) in [7, 11) is 0. The molecule has 0 aliphatic carbocycles. The maximum Gasteiger partial charge on any atom is 0.0612 e. The molecule has 0 saturated heterocycles. The highest BCUT2D eigenvalue weighted by molar-refractivity contribution is 5.05. The zero-order chi connectivity index (χ0) is 9.68. The predicted octanol–water partition coefficient (Wildman–Crippen LogP) is 2.94. The number of hydrogen-bond acceptors (Lipinski definition) is 2. The van der Waals surface area contributed by atoms with Gasteiger partial charge in [-0.05, 0) is 18.8 Å². The SMILES string of the molecule is CCCCc1cnc(C(C)C)cn1. The van der Waals surface area contributed by atoms with Gasteiger partial charge in [-0.15, -0.1) is 0 Å². The molecule has 2 nitrogen and oxygen atoms in total. The van der Waals surface area contributed by atoms with E-state index in [-0.39, 0.29) is 0 Å². The largest absolute Gasteiger partial charge is 0.258 e. The fourth-order valence-electron chi connectivity index (χ4n) is 1.15. The molecule has 0 radical (unpaired) electrons. The fourth-order valence-corrected chi connectivity index (χ4v) is 1.15. The molecule has 0 fully saturated rings. The average Bonchev–Trinajstić information content (AvgIpc) is 2.15. The number of hydrogen-bond donors (Lipinski definition) is 0. The highest BCUT2D eigenvalue weighted by Crippen LogP contribution is 2.09. The van der Waals surface area contributed by atoms with Crippen molar-refractivity contribution in [1.29, 1.82) is 0 Å². The van der Waals surface area contributed by atoms with E-state index in [9.17, 15) is 0 Å². The summed E-state index contributed by atoms with van der Waals surface area (Å²) in [6.07, 6.45) is 7.28. The van der Waals surface area contributed by atoms with Crippen LogP contribution in [0, 0.1) is 0 Å². The van der Waals surface area contributed by atoms with Crippen LogP contribution in [0.15, 0.2) is 12.4 Å². The standard InChI is InChI=1S/C11H18N2/c1-4-5-6-10-7-13-11(8-12-10)9(2)3/h7-9H,4-6H2,1-3H3. The Morgan fingerprint density at radius 3 is 2.46 bits per heavy atom. The third kappa shape index (κ3) is 3.13. The van der Waals surface area contributed by atoms with Gasteiger partial charge in [0.05, 0.1) is 11.4 Å². The van der Waals surface area contributed by atoms with Crippen molar-refractivity contribution in [3.63, 3.8) is 0 Å². The molecule has 72 valence electrons. The molecule has 0 amide bonds. The molecule has 1 aromatic rings. The summed E-state index contributed by atoms with van der Waals surface area (Å²) in [6, 6.07) is 0. The van der Waals surface area contributed by atoms with Crippen LogP contribution >= 0.6 is 0 Å². The Kier molecular flexibility index (Phi) is 3.87. The van der Waals surface area contributed by atoms with Crippen LogP contribution in [0.5, 0.6) is 0 Å². The molecule has 1 heterocycles. The van der Waals surface area contributed by atoms with Crippen LogP contribution in [0.1, 0.15) is 50.9 Å². The van der Waals surface area contributed by atoms with Crippen LogP contribution < -0.4 is 0 Å². The van der Waals surface area contributed by atoms with Gasteiger partial charge >= 0.3 is 0 Å². The van der Waals surface area contributed by atoms with Crippen molar-refractivity contribution in [2.45, 2.75) is 46.0 Å². The minimum Gasteiger partial charge on any atom is -0.258 e. The van der Waals surface area contributed by atoms with Crippen LogP contribution in [-0.2, 0) is 6.42 Å². The monoisotopic (exact) mass is 178 g/mol. The van der Waals surface area contributed by atoms with Gasteiger partial charge in [0, 0.05) is 12.4 Å². The van der Waals surface area contributed by atoms with Gasteiger partial charge in [0.15, 0.2) is 0 Å². The first-order valence-electron chi connectivity index (χ1n) is 5.04. The molecule has 0 spiro atoms. The maximum atomic E-state index is 4.37. The number of unbranched alkanes of at least 4 members (excludes halogenated alkanes) is 1. The first-order valence-corrected chi connectivity index (χ1v) is 5.04. The van der Waals surface area contributed by atoms with Crippen LogP contribution in [0.2, 0.25) is 0 Å². The third-order valence-electron chi connectivity index (χ3n) is 2.10. The molecule has 0 unspecified atom stereocenters. The normalized spacial score (nSPS) is 10.8. The highest BCUT2D eigenvalue weighted by Gasteiger charge is 2.00. The Morgan fingerprint density at radius 1 is 1.23 bits per heavy atom. The minimum atomic E-state index is 0.479. The quantitative estimate of drug-likeness (QED) is 0.708. The van der Waals surface area contributed by atoms with E-state index >= 15 is 0 Å². The zero-order valence-electron chi connectivity index (χ0n) is 8.75. The van der Waals surface area contributed by atoms with Crippen molar-refractivity contribution in [1.82, 2.24) is 9.97 Å². The molecular weight excluding hydrogens is 160 g/mol. The third-order valence-corrected chi connectivity index (χ3v) is 2.10. The molecule has 2 heteroatoms. The summed E-state index contributed by atoms with van der Waals surface area (Å²) in [6.45, 7) is 6.46. The Hall–Kier alpha value is -0.920. The van der Waals surface area contributed by atoms with E-state index in [2.05, 4.69) is 30.7 Å². The summed E-state index contributed by atoms with van der Waals surface area (Å²) in [5.74, 6) is 0.479. The molecule has 13 heavy (non-hydrogen) atoms. The lowest BCUT2D eigenvalue weighted by Gasteiger charge is -2.04. The van der Waals surface area contributed by atoms with E-state index in [1.807, 2.05) is 12.4 Å². The first kappa shape index (κ1) is 10.2. The predicted molar refractivity (Wildman–Crippen MR) is 54.7 cm³/mol. The Labute approximate surface area is 80.4 Å². The lowest BCUT2D eigenvalue weighted by atomic mass is 10.1. The van der Waals surface area contributed by atoms with Gasteiger partial charge < -0.3 is 0 Å². The van der Waals surface area contributed by atoms with Crippen molar-refractivity contribution in [3.05, 3.63) is 23.8 Å². The van der Waals surface area contributed by atoms with E-state index in [0.717, 1.165) is 17.8 Å². The average molecular weight is 178 g/mol. The van der Waals surface area contributed by atoms with Gasteiger partial charge in [-0.3, -0.25) is 9.97 Å². The Morgan fingerprint density at radius 2 is 2.00 bits per heavy atom. The van der Waals surface area contributed by atoms with Crippen molar-refractivity contribution >= 4 is 0 Å². The maximum absolute atomic E-state index is 4.37. The van der Waals surface area contributed by atoms with E-state index in [1.54, 1.807) is 0 Å². The minimum absolute atomic E-state index is 0.479. The fraction of sp³-hybridized carbons (Fsp3) is 0.636. The molecule has 0 aliphatic heterocycles. The summed E-state index contributed by atoms with van der Waals surface area (Å²) >= 11 is 0. The number of aryl methyl sites for hydroxylation is 1. The molecule has 0 atom stereocenters. The van der Waals surface area contributed by atoms with Gasteiger partial charge in [-0.2, -0.15) is 0 Å². The first-order chi connectivity index (χ1) is 6.24. The van der Waals surface area contributed by atoms with Crippen LogP contribution in [0.25, 0.3) is 0 Å². The van der Waals surface area contributed by atoms with Crippen LogP contribution in [0.4, 0.5) is 0 Å². The summed E-state index contributed by atoms with van der Waals surface area (Å²) in [5.41, 5.74) is 2.20. The second-order valence-corrected chi connectivity index (χ2v) is 3.69. The molecule has 0 saturated carbocycles. The smallest absolute Gasteiger partial charge is 0.0612 e. The molecule has 0 aromatic carbocycles. The lowest BCUT2D eigenvalue weighted by Crippen LogP contribution is -1.97. The van der Waals surface area contributed by atoms with Crippen LogP contribution in [0.3, 0.4) is 0 Å². The Bertz CT molecular complexity index is 239. The lowest BCUT2D eigenvalue weighted by molar-refractivity contribution is 0.754. The van der Waals surface area contributed by atoms with Gasteiger partial charge in [0.25, 0.3) is 0 Å². The summed E-state index contributed by atoms with van der Waals surface area (Å²) < 4.78 is 0. The Balaban J connectivity index is 2.59. The van der Waals surface area contributed by atoms with Gasteiger partial charge in [0.2, 0.25) is 0 Å². The zero-order valence-corrected chi connectivity index (χ0v) is 8.75. The molecule has 0 aliphatic rings. The van der Waals surface area contributed by atoms with Crippen molar-refractivity contribution in [3.8, 4) is 0 Å². The summed E-state index contributed by atoms with van der Waals surface area (Å²) in [4.78, 5) is 8.74. The number of nitrogens with zero attached hydrogens (tertiary/aromatic N) is 2. The number of aromatic nitrogens is 2. The molecule has 0 N–H and O–H groups in total. The highest BCUT2D eigenvalue weighted by atomic mass is 14.8. The molecule has 0 bridgehead atoms. The van der Waals surface area contributed by atoms with Crippen molar-refractivity contribution < 1.29 is 0 Å². The second kappa shape index (κ2) is 4.95. The molecule has 1 rings (SSSR count). The van der Waals surface area contributed by atoms with Crippen LogP contribution in [-0.4, -0.2) is 9.97 Å². The number of rotatable bonds is 4. The van der Waals surface area contributed by atoms with Gasteiger partial charge in [0.1, 0.15) is 0 Å². The summed E-state index contributed by atoms with van der Waals surface area (Å²) in [5, 5.41) is 0. The van der Waals surface area contributed by atoms with E-state index in [0.29, 0.717) is 5.92 Å². The van der Waals surface area contributed by atoms with Crippen molar-refractivity contribution in [2.24, 2.45) is 0 Å². The van der Waals surface area contributed by atoms with Gasteiger partial charge in [-0.25, -0.2) is 0 Å². The van der Waals surface area contributed by atoms with E-state index in [4.69, 9.17) is 0 Å². The van der Waals surface area contributed by atoms with E-state index < -0.39 is 0 Å². The molecular formula is C11H18N2. The van der Waals surface area contributed by atoms with Gasteiger partial charge in [-0.1, -0.05) is 27.2 Å². The molecule has 1 aromatic heterocycles.